The maximum atomic E-state index is 14.6. The Kier molecular flexibility index (Phi) is 7.06. The van der Waals surface area contributed by atoms with E-state index in [-0.39, 0.29) is 35.5 Å². The molecule has 6 atom stereocenters. The molecule has 2 unspecified atom stereocenters. The Bertz CT molecular complexity index is 1500. The molecule has 218 valence electrons. The van der Waals surface area contributed by atoms with Gasteiger partial charge in [0.15, 0.2) is 11.4 Å². The molecule has 3 aliphatic rings. The maximum Gasteiger partial charge on any atom is 0.230 e. The number of Topliss-reactive ketones (excluding diaryl/α,β-unsaturated/α-hetero) is 2. The summed E-state index contributed by atoms with van der Waals surface area (Å²) in [4.78, 5) is 43.0. The van der Waals surface area contributed by atoms with Crippen LogP contribution in [0.5, 0.6) is 5.75 Å². The van der Waals surface area contributed by atoms with E-state index < -0.39 is 58.7 Å². The molecule has 41 heavy (non-hydrogen) atoms. The Morgan fingerprint density at radius 3 is 2.41 bits per heavy atom. The average Bonchev–Trinajstić information content (AvgIpc) is 2.87. The van der Waals surface area contributed by atoms with Crippen LogP contribution in [0.25, 0.3) is 16.9 Å². The zero-order valence-electron chi connectivity index (χ0n) is 23.3. The van der Waals surface area contributed by atoms with Gasteiger partial charge in [0.2, 0.25) is 11.7 Å². The molecule has 0 spiro atoms. The number of rotatable bonds is 5. The van der Waals surface area contributed by atoms with Gasteiger partial charge in [-0.2, -0.15) is 0 Å². The minimum absolute atomic E-state index is 0.0125. The van der Waals surface area contributed by atoms with Crippen LogP contribution < -0.4 is 5.73 Å². The lowest BCUT2D eigenvalue weighted by molar-refractivity contribution is -0.184. The summed E-state index contributed by atoms with van der Waals surface area (Å²) in [6, 6.07) is 6.70. The molecule has 0 saturated heterocycles. The quantitative estimate of drug-likeness (QED) is 0.332. The van der Waals surface area contributed by atoms with E-state index in [1.807, 2.05) is 19.0 Å². The lowest BCUT2D eigenvalue weighted by Gasteiger charge is -2.53. The van der Waals surface area contributed by atoms with E-state index in [1.54, 1.807) is 37.2 Å². The van der Waals surface area contributed by atoms with E-state index in [4.69, 9.17) is 5.73 Å². The number of nitrogens with zero attached hydrogens (tertiary/aromatic N) is 2. The lowest BCUT2D eigenvalue weighted by Crippen LogP contribution is -2.73. The van der Waals surface area contributed by atoms with Crippen LogP contribution in [0, 0.1) is 23.6 Å². The zero-order chi connectivity index (χ0) is 30.1. The molecule has 2 aromatic rings. The number of phenols is 1. The maximum absolute atomic E-state index is 14.6. The van der Waals surface area contributed by atoms with Crippen LogP contribution in [0.3, 0.4) is 0 Å². The van der Waals surface area contributed by atoms with Crippen molar-refractivity contribution >= 4 is 23.2 Å². The third kappa shape index (κ3) is 4.26. The van der Waals surface area contributed by atoms with Crippen molar-refractivity contribution in [2.24, 2.45) is 23.5 Å². The number of likely N-dealkylation sites (N-methyl/N-ethyl adjacent to an activating group) is 1. The van der Waals surface area contributed by atoms with Crippen molar-refractivity contribution in [3.8, 4) is 16.9 Å². The molecule has 11 heteroatoms. The summed E-state index contributed by atoms with van der Waals surface area (Å²) in [5.41, 5.74) is 4.72. The first-order valence-electron chi connectivity index (χ1n) is 13.4. The topological polar surface area (TPSA) is 165 Å². The molecule has 5 rings (SSSR count). The normalized spacial score (nSPS) is 29.4. The summed E-state index contributed by atoms with van der Waals surface area (Å²) in [5, 5.41) is 45.0. The highest BCUT2D eigenvalue weighted by atomic mass is 19.1. The summed E-state index contributed by atoms with van der Waals surface area (Å²) in [7, 11) is 6.84. The largest absolute Gasteiger partial charge is 0.507 e. The second-order valence-corrected chi connectivity index (χ2v) is 11.8. The fourth-order valence-corrected chi connectivity index (χ4v) is 7.08. The van der Waals surface area contributed by atoms with Crippen molar-refractivity contribution in [1.29, 1.82) is 0 Å². The summed E-state index contributed by atoms with van der Waals surface area (Å²) < 4.78 is 14.6. The Labute approximate surface area is 236 Å². The Hall–Kier alpha value is -3.64. The van der Waals surface area contributed by atoms with Gasteiger partial charge in [-0.05, 0) is 81.8 Å². The second-order valence-electron chi connectivity index (χ2n) is 11.8. The van der Waals surface area contributed by atoms with Gasteiger partial charge in [0.25, 0.3) is 0 Å². The Balaban J connectivity index is 1.68. The number of aromatic hydroxyl groups is 1. The van der Waals surface area contributed by atoms with Crippen molar-refractivity contribution in [3.05, 3.63) is 58.4 Å². The predicted octanol–water partition coefficient (Wildman–Crippen LogP) is 0.997. The summed E-state index contributed by atoms with van der Waals surface area (Å²) in [6.45, 7) is 0.348. The number of carbonyl (C=O) groups excluding carboxylic acids is 3. The number of hydrogen-bond donors (Lipinski definition) is 5. The van der Waals surface area contributed by atoms with E-state index in [0.717, 1.165) is 0 Å². The predicted molar refractivity (Wildman–Crippen MR) is 147 cm³/mol. The molecule has 0 aliphatic heterocycles. The van der Waals surface area contributed by atoms with E-state index in [0.29, 0.717) is 28.8 Å². The van der Waals surface area contributed by atoms with Gasteiger partial charge < -0.3 is 36.0 Å². The molecule has 1 amide bonds. The SMILES string of the molecule is CN(C)Cc1cc(-c2ccc(O)c3c2C[C@@H]2C[C@@H]4[C@@H](N(C)C)C(O)C(C(N)=O)C(=O)[C@]4(O)C(=O)C2=C3O)ccc1F. The minimum atomic E-state index is -2.71. The molecule has 3 aliphatic carbocycles. The highest BCUT2D eigenvalue weighted by Gasteiger charge is 2.67. The van der Waals surface area contributed by atoms with Gasteiger partial charge in [-0.15, -0.1) is 0 Å². The van der Waals surface area contributed by atoms with Gasteiger partial charge in [-0.25, -0.2) is 4.39 Å². The fraction of sp³-hybridized carbons (Fsp3) is 0.433. The molecule has 6 N–H and O–H groups in total. The number of nitrogens with two attached hydrogens (primary N) is 1. The molecule has 2 aromatic carbocycles. The molecular weight excluding hydrogens is 533 g/mol. The number of halogens is 1. The average molecular weight is 568 g/mol. The van der Waals surface area contributed by atoms with Crippen molar-refractivity contribution in [2.75, 3.05) is 28.2 Å². The summed E-state index contributed by atoms with van der Waals surface area (Å²) in [5.74, 6) is -8.31. The number of benzene rings is 2. The molecular formula is C30H34FN3O7. The molecule has 0 heterocycles. The highest BCUT2D eigenvalue weighted by Crippen LogP contribution is 2.53. The van der Waals surface area contributed by atoms with Gasteiger partial charge in [-0.3, -0.25) is 14.4 Å². The van der Waals surface area contributed by atoms with E-state index in [2.05, 4.69) is 0 Å². The number of aliphatic hydroxyl groups excluding tert-OH is 2. The van der Waals surface area contributed by atoms with Crippen LogP contribution in [0.2, 0.25) is 0 Å². The number of ketones is 2. The fourth-order valence-electron chi connectivity index (χ4n) is 7.08. The monoisotopic (exact) mass is 567 g/mol. The van der Waals surface area contributed by atoms with Crippen LogP contribution in [-0.4, -0.2) is 93.6 Å². The highest BCUT2D eigenvalue weighted by molar-refractivity contribution is 6.25. The standard InChI is InChI=1S/C30H34FN3O7/c1-33(2)12-15-9-13(5-7-19(15)31)16-6-8-20(35)22-17(16)10-14-11-18-24(34(3)4)26(37)23(29(32)40)28(39)30(18,41)27(38)21(14)25(22)36/h5-9,14,18,23-24,26,35-37,41H,10-12H2,1-4H3,(H2,32,40)/t14-,18-,23?,24-,26?,30-/m1/s1. The molecule has 10 nitrogen and oxygen atoms in total. The van der Waals surface area contributed by atoms with E-state index in [9.17, 15) is 39.2 Å². The van der Waals surface area contributed by atoms with Crippen LogP contribution in [-0.2, 0) is 27.3 Å². The number of hydrogen-bond acceptors (Lipinski definition) is 9. The zero-order valence-corrected chi connectivity index (χ0v) is 23.3. The van der Waals surface area contributed by atoms with Gasteiger partial charge in [-0.1, -0.05) is 12.1 Å². The Morgan fingerprint density at radius 1 is 1.12 bits per heavy atom. The van der Waals surface area contributed by atoms with Gasteiger partial charge >= 0.3 is 0 Å². The number of phenolic OH excluding ortho intramolecular Hbond substituents is 1. The van der Waals surface area contributed by atoms with Gasteiger partial charge in [0.1, 0.15) is 23.2 Å². The Morgan fingerprint density at radius 2 is 1.80 bits per heavy atom. The lowest BCUT2D eigenvalue weighted by atomic mass is 9.54. The van der Waals surface area contributed by atoms with Crippen molar-refractivity contribution in [2.45, 2.75) is 37.1 Å². The van der Waals surface area contributed by atoms with Crippen LogP contribution in [0.1, 0.15) is 23.1 Å². The van der Waals surface area contributed by atoms with Crippen molar-refractivity contribution in [1.82, 2.24) is 9.80 Å². The number of amides is 1. The number of aliphatic hydroxyl groups is 3. The number of carbonyl (C=O) groups is 3. The first kappa shape index (κ1) is 28.9. The third-order valence-electron chi connectivity index (χ3n) is 8.82. The first-order valence-corrected chi connectivity index (χ1v) is 13.4. The molecule has 0 aromatic heterocycles. The molecule has 2 saturated carbocycles. The molecule has 0 bridgehead atoms. The first-order chi connectivity index (χ1) is 19.2. The van der Waals surface area contributed by atoms with Gasteiger partial charge in [0.05, 0.1) is 11.7 Å². The molecule has 2 fully saturated rings. The van der Waals surface area contributed by atoms with Crippen molar-refractivity contribution in [3.63, 3.8) is 0 Å². The summed E-state index contributed by atoms with van der Waals surface area (Å²) >= 11 is 0. The minimum Gasteiger partial charge on any atom is -0.507 e. The third-order valence-corrected chi connectivity index (χ3v) is 8.82. The van der Waals surface area contributed by atoms with Crippen molar-refractivity contribution < 1.29 is 39.2 Å². The van der Waals surface area contributed by atoms with Crippen LogP contribution in [0.15, 0.2) is 35.9 Å². The van der Waals surface area contributed by atoms with Crippen LogP contribution >= 0.6 is 0 Å². The summed E-state index contributed by atoms with van der Waals surface area (Å²) in [6.07, 6.45) is -1.39. The van der Waals surface area contributed by atoms with E-state index in [1.165, 1.54) is 12.1 Å². The van der Waals surface area contributed by atoms with E-state index >= 15 is 0 Å². The molecule has 0 radical (unpaired) electrons. The van der Waals surface area contributed by atoms with Gasteiger partial charge in [0, 0.05) is 29.6 Å². The van der Waals surface area contributed by atoms with Crippen LogP contribution in [0.4, 0.5) is 4.39 Å². The number of primary amides is 1. The number of fused-ring (bicyclic) bond motifs is 3. The smallest absolute Gasteiger partial charge is 0.230 e. The second kappa shape index (κ2) is 10.0.